The maximum absolute atomic E-state index is 13.0. The predicted molar refractivity (Wildman–Crippen MR) is 109 cm³/mol. The number of fused-ring (bicyclic) bond motifs is 2. The molecule has 2 heterocycles. The molecule has 1 unspecified atom stereocenters. The molecule has 0 bridgehead atoms. The van der Waals surface area contributed by atoms with Gasteiger partial charge in [0.15, 0.2) is 0 Å². The summed E-state index contributed by atoms with van der Waals surface area (Å²) < 4.78 is 37.6. The second kappa shape index (κ2) is 8.10. The number of halogens is 4. The first kappa shape index (κ1) is 21.0. The highest BCUT2D eigenvalue weighted by atomic mass is 35.5. The summed E-state index contributed by atoms with van der Waals surface area (Å²) in [5.74, 6) is -1.47. The van der Waals surface area contributed by atoms with E-state index in [1.165, 1.54) is 0 Å². The fraction of sp³-hybridized carbons (Fsp3) is 0.250. The lowest BCUT2D eigenvalue weighted by atomic mass is 10.1. The number of carbonyl (C=O) groups excluding carboxylic acids is 2. The zero-order valence-corrected chi connectivity index (χ0v) is 16.9. The molecule has 1 aromatic heterocycles. The fourth-order valence-corrected chi connectivity index (χ4v) is 3.93. The number of aryl methyl sites for hydroxylation is 1. The monoisotopic (exact) mass is 451 g/mol. The molecule has 0 saturated carbocycles. The number of aromatic nitrogens is 2. The molecule has 1 aliphatic rings. The Morgan fingerprint density at radius 3 is 2.84 bits per heavy atom. The van der Waals surface area contributed by atoms with Crippen LogP contribution in [0.1, 0.15) is 21.6 Å². The van der Waals surface area contributed by atoms with Crippen LogP contribution in [0, 0.1) is 6.92 Å². The SMILES string of the molecule is Cc1n[nH]c2cc(Nc3cccc4c3C(=O)N(CC(=O)NC(F)C(F)F)C4)cc(Cl)c12. The Balaban J connectivity index is 1.55. The van der Waals surface area contributed by atoms with Crippen LogP contribution in [0.4, 0.5) is 24.5 Å². The van der Waals surface area contributed by atoms with Crippen molar-refractivity contribution >= 4 is 45.7 Å². The maximum atomic E-state index is 13.0. The van der Waals surface area contributed by atoms with Gasteiger partial charge in [-0.1, -0.05) is 23.7 Å². The lowest BCUT2D eigenvalue weighted by Gasteiger charge is -2.17. The van der Waals surface area contributed by atoms with Crippen molar-refractivity contribution in [3.63, 3.8) is 0 Å². The Morgan fingerprint density at radius 1 is 1.32 bits per heavy atom. The van der Waals surface area contributed by atoms with Crippen molar-refractivity contribution < 1.29 is 22.8 Å². The fourth-order valence-electron chi connectivity index (χ4n) is 3.58. The normalized spacial score (nSPS) is 14.3. The molecule has 0 radical (unpaired) electrons. The minimum absolute atomic E-state index is 0.0995. The minimum atomic E-state index is -3.34. The van der Waals surface area contributed by atoms with Gasteiger partial charge >= 0.3 is 0 Å². The van der Waals surface area contributed by atoms with Crippen molar-refractivity contribution in [2.75, 3.05) is 11.9 Å². The molecule has 31 heavy (non-hydrogen) atoms. The lowest BCUT2D eigenvalue weighted by Crippen LogP contribution is -2.43. The van der Waals surface area contributed by atoms with Crippen LogP contribution in [0.15, 0.2) is 30.3 Å². The van der Waals surface area contributed by atoms with Crippen molar-refractivity contribution in [3.8, 4) is 0 Å². The van der Waals surface area contributed by atoms with Crippen LogP contribution in [-0.4, -0.2) is 46.2 Å². The van der Waals surface area contributed by atoms with Gasteiger partial charge in [0, 0.05) is 17.6 Å². The minimum Gasteiger partial charge on any atom is -0.355 e. The van der Waals surface area contributed by atoms with Crippen LogP contribution in [0.3, 0.4) is 0 Å². The van der Waals surface area contributed by atoms with Gasteiger partial charge in [0.2, 0.25) is 12.2 Å². The van der Waals surface area contributed by atoms with E-state index in [1.54, 1.807) is 35.6 Å². The number of anilines is 2. The molecule has 0 aliphatic carbocycles. The number of carbonyl (C=O) groups is 2. The van der Waals surface area contributed by atoms with E-state index in [0.717, 1.165) is 21.5 Å². The van der Waals surface area contributed by atoms with Crippen molar-refractivity contribution in [1.82, 2.24) is 20.4 Å². The van der Waals surface area contributed by atoms with Crippen LogP contribution in [-0.2, 0) is 11.3 Å². The summed E-state index contributed by atoms with van der Waals surface area (Å²) in [5.41, 5.74) is 3.60. The standard InChI is InChI=1S/C20H17ClF3N5O2/c1-9-16-12(21)5-11(6-14(16)28-27-9)25-13-4-2-3-10-7-29(20(31)17(10)13)8-15(30)26-19(24)18(22)23/h2-6,18-19,25H,7-8H2,1H3,(H,26,30)(H,27,28). The number of nitrogens with one attached hydrogen (secondary N) is 3. The lowest BCUT2D eigenvalue weighted by molar-refractivity contribution is -0.125. The van der Waals surface area contributed by atoms with Gasteiger partial charge in [-0.3, -0.25) is 14.7 Å². The van der Waals surface area contributed by atoms with Gasteiger partial charge in [-0.2, -0.15) is 5.10 Å². The first-order valence-corrected chi connectivity index (χ1v) is 9.66. The molecule has 3 aromatic rings. The molecule has 3 N–H and O–H groups in total. The Kier molecular flexibility index (Phi) is 5.48. The number of benzene rings is 2. The zero-order chi connectivity index (χ0) is 22.3. The molecular weight excluding hydrogens is 435 g/mol. The smallest absolute Gasteiger partial charge is 0.287 e. The Morgan fingerprint density at radius 2 is 2.10 bits per heavy atom. The van der Waals surface area contributed by atoms with E-state index in [4.69, 9.17) is 11.6 Å². The molecule has 0 fully saturated rings. The quantitative estimate of drug-likeness (QED) is 0.496. The van der Waals surface area contributed by atoms with Gasteiger partial charge in [-0.05, 0) is 30.7 Å². The molecule has 0 spiro atoms. The van der Waals surface area contributed by atoms with Gasteiger partial charge in [0.1, 0.15) is 6.54 Å². The first-order chi connectivity index (χ1) is 14.7. The molecule has 1 aliphatic heterocycles. The average molecular weight is 452 g/mol. The van der Waals surface area contributed by atoms with E-state index in [0.29, 0.717) is 27.5 Å². The topological polar surface area (TPSA) is 90.1 Å². The van der Waals surface area contributed by atoms with Crippen LogP contribution >= 0.6 is 11.6 Å². The van der Waals surface area contributed by atoms with E-state index >= 15 is 0 Å². The number of alkyl halides is 3. The van der Waals surface area contributed by atoms with Gasteiger partial charge in [0.25, 0.3) is 12.3 Å². The number of hydrogen-bond donors (Lipinski definition) is 3. The number of rotatable bonds is 6. The van der Waals surface area contributed by atoms with Crippen molar-refractivity contribution in [1.29, 1.82) is 0 Å². The van der Waals surface area contributed by atoms with E-state index in [-0.39, 0.29) is 6.54 Å². The summed E-state index contributed by atoms with van der Waals surface area (Å²) in [5, 5.41) is 13.0. The number of nitrogens with zero attached hydrogens (tertiary/aromatic N) is 2. The molecule has 162 valence electrons. The third-order valence-corrected chi connectivity index (χ3v) is 5.24. The zero-order valence-electron chi connectivity index (χ0n) is 16.2. The Hall–Kier alpha value is -3.27. The van der Waals surface area contributed by atoms with Crippen molar-refractivity contribution in [2.24, 2.45) is 0 Å². The van der Waals surface area contributed by atoms with Crippen molar-refractivity contribution in [3.05, 3.63) is 52.2 Å². The van der Waals surface area contributed by atoms with Crippen LogP contribution in [0.25, 0.3) is 10.9 Å². The third kappa shape index (κ3) is 4.02. The van der Waals surface area contributed by atoms with Gasteiger partial charge in [-0.15, -0.1) is 0 Å². The molecule has 7 nitrogen and oxygen atoms in total. The van der Waals surface area contributed by atoms with Crippen molar-refractivity contribution in [2.45, 2.75) is 26.2 Å². The Bertz CT molecular complexity index is 1180. The van der Waals surface area contributed by atoms with E-state index < -0.39 is 31.1 Å². The molecule has 4 rings (SSSR count). The summed E-state index contributed by atoms with van der Waals surface area (Å²) in [6.07, 6.45) is -6.12. The van der Waals surface area contributed by atoms with Gasteiger partial charge in [-0.25, -0.2) is 13.2 Å². The number of amides is 2. The molecule has 2 amide bonds. The van der Waals surface area contributed by atoms with Gasteiger partial charge < -0.3 is 15.5 Å². The summed E-state index contributed by atoms with van der Waals surface area (Å²) in [7, 11) is 0. The van der Waals surface area contributed by atoms with Crippen LogP contribution in [0.5, 0.6) is 0 Å². The molecule has 0 saturated heterocycles. The summed E-state index contributed by atoms with van der Waals surface area (Å²) in [4.78, 5) is 25.9. The van der Waals surface area contributed by atoms with E-state index in [9.17, 15) is 22.8 Å². The first-order valence-electron chi connectivity index (χ1n) is 9.28. The van der Waals surface area contributed by atoms with Crippen LogP contribution in [0.2, 0.25) is 5.02 Å². The van der Waals surface area contributed by atoms with E-state index in [1.807, 2.05) is 6.92 Å². The van der Waals surface area contributed by atoms with E-state index in [2.05, 4.69) is 15.5 Å². The number of H-pyrrole nitrogens is 1. The highest BCUT2D eigenvalue weighted by Crippen LogP contribution is 2.34. The predicted octanol–water partition coefficient (Wildman–Crippen LogP) is 3.90. The molecular formula is C20H17ClF3N5O2. The van der Waals surface area contributed by atoms with Gasteiger partial charge in [0.05, 0.1) is 27.5 Å². The number of hydrogen-bond acceptors (Lipinski definition) is 4. The molecule has 11 heteroatoms. The maximum Gasteiger partial charge on any atom is 0.287 e. The highest BCUT2D eigenvalue weighted by Gasteiger charge is 2.32. The molecule has 2 aromatic carbocycles. The summed E-state index contributed by atoms with van der Waals surface area (Å²) >= 11 is 6.36. The second-order valence-electron chi connectivity index (χ2n) is 7.12. The average Bonchev–Trinajstić information content (AvgIpc) is 3.22. The second-order valence-corrected chi connectivity index (χ2v) is 7.53. The van der Waals surface area contributed by atoms with Crippen LogP contribution < -0.4 is 10.6 Å². The highest BCUT2D eigenvalue weighted by molar-refractivity contribution is 6.36. The Labute approximate surface area is 179 Å². The summed E-state index contributed by atoms with van der Waals surface area (Å²) in [6, 6.07) is 8.68. The largest absolute Gasteiger partial charge is 0.355 e. The molecule has 1 atom stereocenters. The third-order valence-electron chi connectivity index (χ3n) is 4.94. The number of aromatic amines is 1. The summed E-state index contributed by atoms with van der Waals surface area (Å²) in [6.45, 7) is 1.39.